The number of hydrogen-bond donors (Lipinski definition) is 0. The van der Waals surface area contributed by atoms with Gasteiger partial charge in [0.05, 0.1) is 11.6 Å². The van der Waals surface area contributed by atoms with Gasteiger partial charge in [0.1, 0.15) is 11.6 Å². The minimum Gasteiger partial charge on any atom is -0.299 e. The molecule has 5 rings (SSSR count). The van der Waals surface area contributed by atoms with E-state index in [1.165, 1.54) is 12.1 Å². The van der Waals surface area contributed by atoms with Gasteiger partial charge < -0.3 is 0 Å². The van der Waals surface area contributed by atoms with Crippen LogP contribution in [0.2, 0.25) is 0 Å². The number of rotatable bonds is 4. The van der Waals surface area contributed by atoms with Crippen molar-refractivity contribution in [2.24, 2.45) is 22.2 Å². The second-order valence-electron chi connectivity index (χ2n) is 10.2. The quantitative estimate of drug-likeness (QED) is 0.484. The molecule has 1 aromatic heterocycles. The van der Waals surface area contributed by atoms with Crippen LogP contribution in [0.1, 0.15) is 74.2 Å². The average molecular weight is 450 g/mol. The van der Waals surface area contributed by atoms with Crippen LogP contribution >= 0.6 is 11.3 Å². The number of nitrogens with zero attached hydrogens (tertiary/aromatic N) is 1. The zero-order valence-corrected chi connectivity index (χ0v) is 19.4. The molecule has 0 N–H and O–H groups in total. The molecule has 2 unspecified atom stereocenters. The molecule has 2 aromatic rings. The van der Waals surface area contributed by atoms with Crippen molar-refractivity contribution in [3.05, 3.63) is 69.3 Å². The third-order valence-corrected chi connectivity index (χ3v) is 7.90. The van der Waals surface area contributed by atoms with Crippen molar-refractivity contribution in [2.75, 3.05) is 0 Å². The molecule has 0 spiro atoms. The molecule has 2 heterocycles. The molecule has 2 atom stereocenters. The van der Waals surface area contributed by atoms with Crippen LogP contribution < -0.4 is 0 Å². The van der Waals surface area contributed by atoms with Crippen LogP contribution in [0.5, 0.6) is 0 Å². The summed E-state index contributed by atoms with van der Waals surface area (Å²) in [7, 11) is 0. The van der Waals surface area contributed by atoms with Gasteiger partial charge in [-0.15, -0.1) is 0 Å². The number of benzene rings is 1. The Bertz CT molecular complexity index is 1110. The summed E-state index contributed by atoms with van der Waals surface area (Å²) in [5.74, 6) is -0.777. The van der Waals surface area contributed by atoms with Crippen molar-refractivity contribution in [2.45, 2.75) is 58.3 Å². The SMILES string of the molecule is CC1(C)CC(=O)C2C(=NC(C3CCCC3)=C(C(=O)c3ccc(F)cc3)C2c2ccsc2)C1. The summed E-state index contributed by atoms with van der Waals surface area (Å²) < 4.78 is 13.6. The van der Waals surface area contributed by atoms with Gasteiger partial charge in [-0.2, -0.15) is 11.3 Å². The molecular weight excluding hydrogens is 421 g/mol. The van der Waals surface area contributed by atoms with E-state index in [1.807, 2.05) is 11.4 Å². The van der Waals surface area contributed by atoms with E-state index in [4.69, 9.17) is 4.99 Å². The van der Waals surface area contributed by atoms with Gasteiger partial charge >= 0.3 is 0 Å². The highest BCUT2D eigenvalue weighted by atomic mass is 32.1. The number of fused-ring (bicyclic) bond motifs is 1. The summed E-state index contributed by atoms with van der Waals surface area (Å²) in [4.78, 5) is 32.5. The molecule has 0 amide bonds. The smallest absolute Gasteiger partial charge is 0.191 e. The third kappa shape index (κ3) is 3.81. The average Bonchev–Trinajstić information content (AvgIpc) is 3.46. The largest absolute Gasteiger partial charge is 0.299 e. The predicted octanol–water partition coefficient (Wildman–Crippen LogP) is 6.76. The van der Waals surface area contributed by atoms with Crippen LogP contribution in [0.25, 0.3) is 0 Å². The maximum absolute atomic E-state index is 13.9. The normalized spacial score (nSPS) is 25.6. The zero-order chi connectivity index (χ0) is 22.5. The van der Waals surface area contributed by atoms with Gasteiger partial charge in [0, 0.05) is 35.1 Å². The lowest BCUT2D eigenvalue weighted by Crippen LogP contribution is -2.44. The number of carbonyl (C=O) groups is 2. The molecule has 5 heteroatoms. The molecule has 2 aliphatic carbocycles. The van der Waals surface area contributed by atoms with Crippen LogP contribution in [0.4, 0.5) is 4.39 Å². The molecule has 3 nitrogen and oxygen atoms in total. The Kier molecular flexibility index (Phi) is 5.48. The second-order valence-corrected chi connectivity index (χ2v) is 11.0. The monoisotopic (exact) mass is 449 g/mol. The fraction of sp³-hybridized carbons (Fsp3) is 0.444. The summed E-state index contributed by atoms with van der Waals surface area (Å²) in [6, 6.07) is 7.79. The molecule has 0 radical (unpaired) electrons. The van der Waals surface area contributed by atoms with Crippen molar-refractivity contribution < 1.29 is 14.0 Å². The Morgan fingerprint density at radius 3 is 2.44 bits per heavy atom. The van der Waals surface area contributed by atoms with Crippen molar-refractivity contribution in [1.82, 2.24) is 0 Å². The van der Waals surface area contributed by atoms with Crippen molar-refractivity contribution in [3.8, 4) is 0 Å². The number of Topliss-reactive ketones (excluding diaryl/α,β-unsaturated/α-hetero) is 2. The Hall–Kier alpha value is -2.40. The molecule has 2 saturated carbocycles. The number of thiophene rings is 1. The molecule has 32 heavy (non-hydrogen) atoms. The van der Waals surface area contributed by atoms with Gasteiger partial charge in [-0.1, -0.05) is 26.7 Å². The number of aliphatic imine (C=N–C) groups is 1. The van der Waals surface area contributed by atoms with Gasteiger partial charge in [0.15, 0.2) is 5.78 Å². The molecule has 1 aromatic carbocycles. The maximum atomic E-state index is 13.9. The number of carbonyl (C=O) groups excluding carboxylic acids is 2. The first-order valence-corrected chi connectivity index (χ1v) is 12.4. The van der Waals surface area contributed by atoms with E-state index in [0.717, 1.165) is 49.1 Å². The van der Waals surface area contributed by atoms with Crippen LogP contribution in [-0.4, -0.2) is 17.3 Å². The standard InChI is InChI=1S/C27H28FNO2S/c1-27(2)13-20-23(21(30)14-27)22(18-11-12-32-15-18)24(25(29-20)16-5-3-4-6-16)26(31)17-7-9-19(28)10-8-17/h7-12,15-16,22-23H,3-6,13-14H2,1-2H3. The lowest BCUT2D eigenvalue weighted by molar-refractivity contribution is -0.124. The number of hydrogen-bond acceptors (Lipinski definition) is 4. The molecule has 0 bridgehead atoms. The van der Waals surface area contributed by atoms with E-state index in [0.29, 0.717) is 17.6 Å². The summed E-state index contributed by atoms with van der Waals surface area (Å²) in [5.41, 5.74) is 3.83. The lowest BCUT2D eigenvalue weighted by Gasteiger charge is -2.42. The maximum Gasteiger partial charge on any atom is 0.191 e. The summed E-state index contributed by atoms with van der Waals surface area (Å²) >= 11 is 1.58. The minimum atomic E-state index is -0.387. The number of halogens is 1. The lowest BCUT2D eigenvalue weighted by atomic mass is 9.62. The zero-order valence-electron chi connectivity index (χ0n) is 18.6. The highest BCUT2D eigenvalue weighted by molar-refractivity contribution is 7.08. The van der Waals surface area contributed by atoms with Crippen molar-refractivity contribution in [3.63, 3.8) is 0 Å². The van der Waals surface area contributed by atoms with E-state index in [1.54, 1.807) is 23.5 Å². The Balaban J connectivity index is 1.72. The van der Waals surface area contributed by atoms with E-state index >= 15 is 0 Å². The van der Waals surface area contributed by atoms with E-state index in [9.17, 15) is 14.0 Å². The first-order valence-electron chi connectivity index (χ1n) is 11.5. The summed E-state index contributed by atoms with van der Waals surface area (Å²) in [5, 5.41) is 4.07. The predicted molar refractivity (Wildman–Crippen MR) is 126 cm³/mol. The fourth-order valence-corrected chi connectivity index (χ4v) is 6.49. The van der Waals surface area contributed by atoms with E-state index < -0.39 is 0 Å². The van der Waals surface area contributed by atoms with Gasteiger partial charge in [0.25, 0.3) is 0 Å². The fourth-order valence-electron chi connectivity index (χ4n) is 5.79. The molecular formula is C27H28FNO2S. The van der Waals surface area contributed by atoms with Gasteiger partial charge in [0.2, 0.25) is 0 Å². The topological polar surface area (TPSA) is 46.5 Å². The highest BCUT2D eigenvalue weighted by Gasteiger charge is 2.48. The number of allylic oxidation sites excluding steroid dienone is 2. The first-order chi connectivity index (χ1) is 15.3. The van der Waals surface area contributed by atoms with Gasteiger partial charge in [-0.25, -0.2) is 4.39 Å². The molecule has 0 saturated heterocycles. The van der Waals surface area contributed by atoms with Crippen LogP contribution in [-0.2, 0) is 4.79 Å². The van der Waals surface area contributed by atoms with Gasteiger partial charge in [-0.3, -0.25) is 14.6 Å². The Morgan fingerprint density at radius 1 is 1.06 bits per heavy atom. The van der Waals surface area contributed by atoms with Crippen LogP contribution in [0.15, 0.2) is 57.4 Å². The Morgan fingerprint density at radius 2 is 1.78 bits per heavy atom. The van der Waals surface area contributed by atoms with Gasteiger partial charge in [-0.05, 0) is 71.3 Å². The van der Waals surface area contributed by atoms with E-state index in [2.05, 4.69) is 19.2 Å². The van der Waals surface area contributed by atoms with Crippen molar-refractivity contribution >= 4 is 28.6 Å². The molecule has 3 aliphatic rings. The molecule has 2 fully saturated rings. The number of ketones is 2. The first kappa shape index (κ1) is 21.4. The molecule has 166 valence electrons. The Labute approximate surface area is 192 Å². The van der Waals surface area contributed by atoms with Crippen LogP contribution in [0, 0.1) is 23.1 Å². The van der Waals surface area contributed by atoms with E-state index in [-0.39, 0.29) is 40.6 Å². The molecule has 1 aliphatic heterocycles. The van der Waals surface area contributed by atoms with Crippen LogP contribution in [0.3, 0.4) is 0 Å². The van der Waals surface area contributed by atoms with Crippen molar-refractivity contribution in [1.29, 1.82) is 0 Å². The summed E-state index contributed by atoms with van der Waals surface area (Å²) in [6.07, 6.45) is 5.57. The minimum absolute atomic E-state index is 0.120. The summed E-state index contributed by atoms with van der Waals surface area (Å²) in [6.45, 7) is 4.25. The third-order valence-electron chi connectivity index (χ3n) is 7.20. The second kappa shape index (κ2) is 8.18. The highest BCUT2D eigenvalue weighted by Crippen LogP contribution is 2.50.